The molecule has 1 saturated carbocycles. The molecule has 1 N–H and O–H groups in total. The van der Waals surface area contributed by atoms with Crippen molar-refractivity contribution in [2.24, 2.45) is 5.92 Å². The Kier molecular flexibility index (Phi) is 6.02. The third-order valence-corrected chi connectivity index (χ3v) is 4.21. The van der Waals surface area contributed by atoms with Crippen LogP contribution in [0.4, 0.5) is 0 Å². The molecule has 0 aliphatic heterocycles. The fourth-order valence-electron chi connectivity index (χ4n) is 3.02. The lowest BCUT2D eigenvalue weighted by atomic mass is 9.83. The molecule has 1 aromatic carbocycles. The summed E-state index contributed by atoms with van der Waals surface area (Å²) in [6.45, 7) is 5.34. The first-order chi connectivity index (χ1) is 10.2. The van der Waals surface area contributed by atoms with Crippen LogP contribution >= 0.6 is 0 Å². The monoisotopic (exact) mass is 282 g/mol. The Morgan fingerprint density at radius 3 is 2.76 bits per heavy atom. The Bertz CT molecular complexity index is 517. The van der Waals surface area contributed by atoms with Crippen molar-refractivity contribution in [3.8, 4) is 6.07 Å². The molecule has 0 saturated heterocycles. The van der Waals surface area contributed by atoms with Gasteiger partial charge in [-0.05, 0) is 36.5 Å². The van der Waals surface area contributed by atoms with Gasteiger partial charge in [-0.15, -0.1) is 0 Å². The fraction of sp³-hybridized carbons (Fsp3) is 0.526. The van der Waals surface area contributed by atoms with E-state index in [1.807, 2.05) is 18.2 Å². The summed E-state index contributed by atoms with van der Waals surface area (Å²) in [6, 6.07) is 10.6. The van der Waals surface area contributed by atoms with Gasteiger partial charge in [0.1, 0.15) is 0 Å². The van der Waals surface area contributed by atoms with Gasteiger partial charge in [0.15, 0.2) is 0 Å². The highest BCUT2D eigenvalue weighted by Crippen LogP contribution is 2.30. The molecule has 2 heteroatoms. The minimum absolute atomic E-state index is 0.502. The van der Waals surface area contributed by atoms with Crippen molar-refractivity contribution in [2.75, 3.05) is 6.54 Å². The highest BCUT2D eigenvalue weighted by molar-refractivity contribution is 5.56. The second-order valence-corrected chi connectivity index (χ2v) is 6.33. The summed E-state index contributed by atoms with van der Waals surface area (Å²) in [5.74, 6) is 0.704. The smallest absolute Gasteiger partial charge is 0.0991 e. The predicted molar refractivity (Wildman–Crippen MR) is 88.8 cm³/mol. The molecule has 1 aliphatic carbocycles. The van der Waals surface area contributed by atoms with E-state index in [1.165, 1.54) is 37.7 Å². The third kappa shape index (κ3) is 5.02. The normalized spacial score (nSPS) is 17.0. The largest absolute Gasteiger partial charge is 0.311 e. The molecular formula is C19H26N2. The van der Waals surface area contributed by atoms with E-state index in [0.717, 1.165) is 17.7 Å². The maximum Gasteiger partial charge on any atom is 0.0991 e. The maximum absolute atomic E-state index is 9.04. The van der Waals surface area contributed by atoms with Gasteiger partial charge in [0.05, 0.1) is 11.6 Å². The van der Waals surface area contributed by atoms with E-state index >= 15 is 0 Å². The zero-order chi connectivity index (χ0) is 15.1. The summed E-state index contributed by atoms with van der Waals surface area (Å²) in [7, 11) is 0. The van der Waals surface area contributed by atoms with Crippen LogP contribution < -0.4 is 5.32 Å². The van der Waals surface area contributed by atoms with E-state index in [0.29, 0.717) is 12.0 Å². The van der Waals surface area contributed by atoms with Crippen molar-refractivity contribution in [2.45, 2.75) is 52.0 Å². The molecule has 0 heterocycles. The van der Waals surface area contributed by atoms with Gasteiger partial charge in [0.25, 0.3) is 0 Å². The van der Waals surface area contributed by atoms with Gasteiger partial charge in [-0.1, -0.05) is 56.9 Å². The summed E-state index contributed by atoms with van der Waals surface area (Å²) in [6.07, 6.45) is 8.99. The molecule has 0 aromatic heterocycles. The first kappa shape index (κ1) is 15.8. The molecule has 2 rings (SSSR count). The van der Waals surface area contributed by atoms with Gasteiger partial charge in [-0.25, -0.2) is 0 Å². The molecule has 1 aromatic rings. The van der Waals surface area contributed by atoms with E-state index in [-0.39, 0.29) is 0 Å². The molecule has 0 spiro atoms. The van der Waals surface area contributed by atoms with Gasteiger partial charge in [0, 0.05) is 12.6 Å². The molecule has 2 nitrogen and oxygen atoms in total. The second kappa shape index (κ2) is 8.00. The van der Waals surface area contributed by atoms with Gasteiger partial charge in [-0.3, -0.25) is 0 Å². The lowest BCUT2D eigenvalue weighted by Crippen LogP contribution is -2.27. The zero-order valence-corrected chi connectivity index (χ0v) is 13.2. The van der Waals surface area contributed by atoms with E-state index in [4.69, 9.17) is 5.26 Å². The van der Waals surface area contributed by atoms with Crippen molar-refractivity contribution < 1.29 is 0 Å². The van der Waals surface area contributed by atoms with Crippen LogP contribution in [0.5, 0.6) is 0 Å². The molecular weight excluding hydrogens is 256 g/mol. The lowest BCUT2D eigenvalue weighted by Gasteiger charge is -2.25. The van der Waals surface area contributed by atoms with Crippen LogP contribution in [0, 0.1) is 17.2 Å². The fourth-order valence-corrected chi connectivity index (χ4v) is 3.02. The van der Waals surface area contributed by atoms with Crippen LogP contribution in [0.2, 0.25) is 0 Å². The van der Waals surface area contributed by atoms with Gasteiger partial charge >= 0.3 is 0 Å². The average Bonchev–Trinajstić information content (AvgIpc) is 2.52. The average molecular weight is 282 g/mol. The first-order valence-electron chi connectivity index (χ1n) is 8.13. The molecule has 0 unspecified atom stereocenters. The molecule has 0 amide bonds. The maximum atomic E-state index is 9.04. The number of benzene rings is 1. The SMILES string of the molecule is CC(C)NC/C(=C/c1cccc(C#N)c1)C1CCCCC1. The summed E-state index contributed by atoms with van der Waals surface area (Å²) in [5.41, 5.74) is 3.39. The summed E-state index contributed by atoms with van der Waals surface area (Å²) < 4.78 is 0. The van der Waals surface area contributed by atoms with Crippen LogP contribution in [-0.4, -0.2) is 12.6 Å². The zero-order valence-electron chi connectivity index (χ0n) is 13.2. The van der Waals surface area contributed by atoms with Gasteiger partial charge < -0.3 is 5.32 Å². The number of hydrogen-bond acceptors (Lipinski definition) is 2. The molecule has 0 bridgehead atoms. The summed E-state index contributed by atoms with van der Waals surface area (Å²) in [4.78, 5) is 0. The number of nitriles is 1. The lowest BCUT2D eigenvalue weighted by molar-refractivity contribution is 0.394. The van der Waals surface area contributed by atoms with Gasteiger partial charge in [0.2, 0.25) is 0 Å². The standard InChI is InChI=1S/C19H26N2/c1-15(2)21-14-19(18-9-4-3-5-10-18)12-16-7-6-8-17(11-16)13-20/h6-8,11-12,15,18,21H,3-5,9-10,14H2,1-2H3/b19-12-. The minimum Gasteiger partial charge on any atom is -0.311 e. The topological polar surface area (TPSA) is 35.8 Å². The van der Waals surface area contributed by atoms with Crippen molar-refractivity contribution in [3.05, 3.63) is 41.0 Å². The molecule has 21 heavy (non-hydrogen) atoms. The van der Waals surface area contributed by atoms with Crippen molar-refractivity contribution in [1.82, 2.24) is 5.32 Å². The Labute approximate surface area is 128 Å². The van der Waals surface area contributed by atoms with Crippen LogP contribution in [-0.2, 0) is 0 Å². The van der Waals surface area contributed by atoms with Crippen LogP contribution in [0.25, 0.3) is 6.08 Å². The molecule has 1 fully saturated rings. The molecule has 112 valence electrons. The van der Waals surface area contributed by atoms with Crippen molar-refractivity contribution in [1.29, 1.82) is 5.26 Å². The number of hydrogen-bond donors (Lipinski definition) is 1. The van der Waals surface area contributed by atoms with E-state index in [2.05, 4.69) is 37.4 Å². The Balaban J connectivity index is 2.19. The number of nitrogens with zero attached hydrogens (tertiary/aromatic N) is 1. The Hall–Kier alpha value is -1.59. The molecule has 0 atom stereocenters. The highest BCUT2D eigenvalue weighted by atomic mass is 14.9. The van der Waals surface area contributed by atoms with Crippen LogP contribution in [0.15, 0.2) is 29.8 Å². The van der Waals surface area contributed by atoms with Gasteiger partial charge in [-0.2, -0.15) is 5.26 Å². The van der Waals surface area contributed by atoms with Crippen molar-refractivity contribution in [3.63, 3.8) is 0 Å². The van der Waals surface area contributed by atoms with Crippen LogP contribution in [0.1, 0.15) is 57.1 Å². The summed E-state index contributed by atoms with van der Waals surface area (Å²) >= 11 is 0. The Morgan fingerprint density at radius 1 is 1.33 bits per heavy atom. The third-order valence-electron chi connectivity index (χ3n) is 4.21. The molecule has 1 aliphatic rings. The Morgan fingerprint density at radius 2 is 2.10 bits per heavy atom. The first-order valence-corrected chi connectivity index (χ1v) is 8.13. The van der Waals surface area contributed by atoms with E-state index in [9.17, 15) is 0 Å². The quantitative estimate of drug-likeness (QED) is 0.862. The number of rotatable bonds is 5. The number of nitrogens with one attached hydrogen (secondary N) is 1. The van der Waals surface area contributed by atoms with Crippen LogP contribution in [0.3, 0.4) is 0 Å². The van der Waals surface area contributed by atoms with Crippen molar-refractivity contribution >= 4 is 6.08 Å². The predicted octanol–water partition coefficient (Wildman–Crippen LogP) is 4.52. The minimum atomic E-state index is 0.502. The van der Waals surface area contributed by atoms with E-state index in [1.54, 1.807) is 0 Å². The van der Waals surface area contributed by atoms with E-state index < -0.39 is 0 Å². The highest BCUT2D eigenvalue weighted by Gasteiger charge is 2.17. The second-order valence-electron chi connectivity index (χ2n) is 6.33. The molecule has 0 radical (unpaired) electrons. The summed E-state index contributed by atoms with van der Waals surface area (Å²) in [5, 5.41) is 12.6.